The minimum Gasteiger partial charge on any atom is -0.481 e. The van der Waals surface area contributed by atoms with E-state index < -0.39 is 24.0 Å². The number of aliphatic carboxylic acids is 1. The van der Waals surface area contributed by atoms with E-state index in [0.717, 1.165) is 35.1 Å². The van der Waals surface area contributed by atoms with E-state index >= 15 is 0 Å². The third kappa shape index (κ3) is 5.46. The van der Waals surface area contributed by atoms with Crippen molar-refractivity contribution in [3.63, 3.8) is 0 Å². The Morgan fingerprint density at radius 3 is 2.03 bits per heavy atom. The molecule has 7 heteroatoms. The van der Waals surface area contributed by atoms with Crippen LogP contribution in [0.4, 0.5) is 4.79 Å². The number of hydrogen-bond donors (Lipinski definition) is 3. The van der Waals surface area contributed by atoms with E-state index in [1.54, 1.807) is 0 Å². The van der Waals surface area contributed by atoms with Crippen molar-refractivity contribution in [2.45, 2.75) is 57.5 Å². The Hall–Kier alpha value is -3.35. The smallest absolute Gasteiger partial charge is 0.407 e. The van der Waals surface area contributed by atoms with E-state index in [-0.39, 0.29) is 31.4 Å². The molecular formula is C25H30N2O5. The average molecular weight is 439 g/mol. The van der Waals surface area contributed by atoms with Crippen LogP contribution >= 0.6 is 0 Å². The zero-order chi connectivity index (χ0) is 23.1. The van der Waals surface area contributed by atoms with Crippen LogP contribution < -0.4 is 10.6 Å². The Morgan fingerprint density at radius 1 is 0.938 bits per heavy atom. The van der Waals surface area contributed by atoms with Crippen LogP contribution in [0.2, 0.25) is 0 Å². The Morgan fingerprint density at radius 2 is 1.50 bits per heavy atom. The highest BCUT2D eigenvalue weighted by Crippen LogP contribution is 2.44. The van der Waals surface area contributed by atoms with Gasteiger partial charge in [-0.15, -0.1) is 0 Å². The molecule has 0 aromatic heterocycles. The Kier molecular flexibility index (Phi) is 7.87. The summed E-state index contributed by atoms with van der Waals surface area (Å²) in [6.45, 7) is 4.04. The van der Waals surface area contributed by atoms with E-state index in [0.29, 0.717) is 0 Å². The summed E-state index contributed by atoms with van der Waals surface area (Å²) < 4.78 is 5.51. The summed E-state index contributed by atoms with van der Waals surface area (Å²) in [5, 5.41) is 14.4. The third-order valence-corrected chi connectivity index (χ3v) is 5.93. The summed E-state index contributed by atoms with van der Waals surface area (Å²) in [7, 11) is 0. The second-order valence-corrected chi connectivity index (χ2v) is 7.98. The number of alkyl carbamates (subject to hydrolysis) is 1. The molecule has 2 aromatic carbocycles. The molecule has 1 unspecified atom stereocenters. The number of amides is 2. The summed E-state index contributed by atoms with van der Waals surface area (Å²) in [5.74, 6) is -1.52. The van der Waals surface area contributed by atoms with Crippen molar-refractivity contribution in [2.24, 2.45) is 0 Å². The number of nitrogens with one attached hydrogen (secondary N) is 2. The van der Waals surface area contributed by atoms with Crippen LogP contribution in [0.5, 0.6) is 0 Å². The Balaban J connectivity index is 1.66. The highest BCUT2D eigenvalue weighted by Gasteiger charge is 2.30. The minimum absolute atomic E-state index is 0.00842. The van der Waals surface area contributed by atoms with Gasteiger partial charge in [-0.1, -0.05) is 62.4 Å². The fourth-order valence-electron chi connectivity index (χ4n) is 4.11. The van der Waals surface area contributed by atoms with Crippen molar-refractivity contribution in [1.82, 2.24) is 10.6 Å². The van der Waals surface area contributed by atoms with Crippen molar-refractivity contribution in [2.75, 3.05) is 6.61 Å². The fourth-order valence-corrected chi connectivity index (χ4v) is 4.11. The van der Waals surface area contributed by atoms with Crippen molar-refractivity contribution in [1.29, 1.82) is 0 Å². The minimum atomic E-state index is -1.03. The van der Waals surface area contributed by atoms with Gasteiger partial charge in [0.15, 0.2) is 0 Å². The fraction of sp³-hybridized carbons (Fsp3) is 0.400. The molecule has 0 radical (unpaired) electrons. The van der Waals surface area contributed by atoms with E-state index in [2.05, 4.69) is 22.8 Å². The lowest BCUT2D eigenvalue weighted by Gasteiger charge is -2.22. The summed E-state index contributed by atoms with van der Waals surface area (Å²) in [4.78, 5) is 36.2. The summed E-state index contributed by atoms with van der Waals surface area (Å²) in [6.07, 6.45) is 0.523. The molecule has 0 spiro atoms. The maximum Gasteiger partial charge on any atom is 0.407 e. The van der Waals surface area contributed by atoms with Crippen molar-refractivity contribution in [3.8, 4) is 11.1 Å². The van der Waals surface area contributed by atoms with E-state index in [1.165, 1.54) is 0 Å². The highest BCUT2D eigenvalue weighted by molar-refractivity contribution is 5.86. The number of rotatable bonds is 10. The molecule has 0 bridgehead atoms. The Labute approximate surface area is 188 Å². The van der Waals surface area contributed by atoms with Gasteiger partial charge in [-0.3, -0.25) is 9.59 Å². The van der Waals surface area contributed by atoms with E-state index in [1.807, 2.05) is 50.2 Å². The maximum absolute atomic E-state index is 12.6. The normalized spacial score (nSPS) is 13.2. The van der Waals surface area contributed by atoms with Crippen LogP contribution in [0, 0.1) is 0 Å². The average Bonchev–Trinajstić information content (AvgIpc) is 3.12. The van der Waals surface area contributed by atoms with Crippen molar-refractivity contribution >= 4 is 18.0 Å². The summed E-state index contributed by atoms with van der Waals surface area (Å²) >= 11 is 0. The number of carbonyl (C=O) groups is 3. The van der Waals surface area contributed by atoms with Gasteiger partial charge in [0.1, 0.15) is 12.6 Å². The molecule has 0 fully saturated rings. The van der Waals surface area contributed by atoms with Crippen LogP contribution in [-0.2, 0) is 14.3 Å². The monoisotopic (exact) mass is 438 g/mol. The number of ether oxygens (including phenoxy) is 1. The van der Waals surface area contributed by atoms with Gasteiger partial charge >= 0.3 is 12.1 Å². The molecule has 32 heavy (non-hydrogen) atoms. The third-order valence-electron chi connectivity index (χ3n) is 5.93. The van der Waals surface area contributed by atoms with Gasteiger partial charge in [-0.25, -0.2) is 4.79 Å². The number of carboxylic acids is 1. The van der Waals surface area contributed by atoms with E-state index in [9.17, 15) is 14.4 Å². The van der Waals surface area contributed by atoms with Gasteiger partial charge in [0.25, 0.3) is 0 Å². The summed E-state index contributed by atoms with van der Waals surface area (Å²) in [5.41, 5.74) is 4.44. The maximum atomic E-state index is 12.6. The summed E-state index contributed by atoms with van der Waals surface area (Å²) in [6, 6.07) is 15.1. The van der Waals surface area contributed by atoms with Crippen molar-refractivity contribution < 1.29 is 24.2 Å². The molecule has 7 nitrogen and oxygen atoms in total. The topological polar surface area (TPSA) is 105 Å². The number of fused-ring (bicyclic) bond motifs is 3. The second kappa shape index (κ2) is 10.8. The zero-order valence-corrected chi connectivity index (χ0v) is 18.5. The van der Waals surface area contributed by atoms with Gasteiger partial charge in [-0.2, -0.15) is 0 Å². The molecule has 0 saturated heterocycles. The first-order chi connectivity index (χ1) is 15.4. The quantitative estimate of drug-likeness (QED) is 0.519. The highest BCUT2D eigenvalue weighted by atomic mass is 16.5. The molecule has 0 heterocycles. The number of carbonyl (C=O) groups excluding carboxylic acids is 2. The molecule has 1 aliphatic carbocycles. The van der Waals surface area contributed by atoms with Crippen LogP contribution in [-0.4, -0.2) is 41.8 Å². The van der Waals surface area contributed by atoms with Crippen LogP contribution in [0.15, 0.2) is 48.5 Å². The van der Waals surface area contributed by atoms with E-state index in [4.69, 9.17) is 9.84 Å². The largest absolute Gasteiger partial charge is 0.481 e. The molecule has 1 atom stereocenters. The van der Waals surface area contributed by atoms with Gasteiger partial charge in [-0.05, 0) is 41.5 Å². The molecule has 3 rings (SSSR count). The molecule has 0 saturated carbocycles. The molecule has 3 N–H and O–H groups in total. The van der Waals surface area contributed by atoms with Crippen molar-refractivity contribution in [3.05, 3.63) is 59.7 Å². The van der Waals surface area contributed by atoms with Gasteiger partial charge in [0.2, 0.25) is 5.91 Å². The first kappa shape index (κ1) is 23.3. The molecule has 2 amide bonds. The first-order valence-electron chi connectivity index (χ1n) is 11.1. The van der Waals surface area contributed by atoms with Gasteiger partial charge in [0, 0.05) is 18.4 Å². The lowest BCUT2D eigenvalue weighted by atomic mass is 9.98. The lowest BCUT2D eigenvalue weighted by molar-refractivity contribution is -0.137. The lowest BCUT2D eigenvalue weighted by Crippen LogP contribution is -2.49. The van der Waals surface area contributed by atoms with Crippen LogP contribution in [0.1, 0.15) is 56.6 Å². The van der Waals surface area contributed by atoms with Gasteiger partial charge in [0.05, 0.1) is 0 Å². The number of carboxylic acid groups (broad SMARTS) is 1. The number of hydrogen-bond acceptors (Lipinski definition) is 4. The molecule has 0 aliphatic heterocycles. The Bertz CT molecular complexity index is 925. The van der Waals surface area contributed by atoms with Gasteiger partial charge < -0.3 is 20.5 Å². The predicted molar refractivity (Wildman–Crippen MR) is 121 cm³/mol. The predicted octanol–water partition coefficient (Wildman–Crippen LogP) is 4.06. The molecule has 1 aliphatic rings. The zero-order valence-electron chi connectivity index (χ0n) is 18.5. The van der Waals surface area contributed by atoms with Crippen LogP contribution in [0.3, 0.4) is 0 Å². The standard InChI is InChI=1S/C25H30N2O5/c1-3-16(4-2)26-24(30)22(13-14-23(28)29)27-25(31)32-15-21-19-11-7-5-9-17(19)18-10-6-8-12-20(18)21/h5-12,16,21-22H,3-4,13-15H2,1-2H3,(H,26,30)(H,27,31)(H,28,29). The molecular weight excluding hydrogens is 408 g/mol. The second-order valence-electron chi connectivity index (χ2n) is 7.98. The first-order valence-corrected chi connectivity index (χ1v) is 11.1. The molecule has 170 valence electrons. The molecule has 2 aromatic rings. The van der Waals surface area contributed by atoms with Crippen LogP contribution in [0.25, 0.3) is 11.1 Å². The SMILES string of the molecule is CCC(CC)NC(=O)C(CCC(=O)O)NC(=O)OCC1c2ccccc2-c2ccccc21. The number of benzene rings is 2.